The van der Waals surface area contributed by atoms with E-state index in [2.05, 4.69) is 15.5 Å². The van der Waals surface area contributed by atoms with Gasteiger partial charge >= 0.3 is 6.18 Å². The highest BCUT2D eigenvalue weighted by Gasteiger charge is 2.30. The van der Waals surface area contributed by atoms with Crippen molar-refractivity contribution in [3.05, 3.63) is 57.3 Å². The summed E-state index contributed by atoms with van der Waals surface area (Å²) < 4.78 is 38.6. The summed E-state index contributed by atoms with van der Waals surface area (Å²) >= 11 is 1.35. The molecule has 0 radical (unpaired) electrons. The van der Waals surface area contributed by atoms with E-state index in [0.29, 0.717) is 36.6 Å². The van der Waals surface area contributed by atoms with E-state index >= 15 is 0 Å². The van der Waals surface area contributed by atoms with E-state index in [-0.39, 0.29) is 17.9 Å². The molecule has 0 bridgehead atoms. The normalized spacial score (nSPS) is 15.7. The Morgan fingerprint density at radius 2 is 1.90 bits per heavy atom. The highest BCUT2D eigenvalue weighted by Crippen LogP contribution is 2.30. The predicted molar refractivity (Wildman–Crippen MR) is 109 cm³/mol. The Labute approximate surface area is 177 Å². The molecule has 1 aliphatic heterocycles. The van der Waals surface area contributed by atoms with Crippen molar-refractivity contribution in [1.82, 2.24) is 15.5 Å². The van der Waals surface area contributed by atoms with Crippen molar-refractivity contribution in [2.45, 2.75) is 45.1 Å². The van der Waals surface area contributed by atoms with Crippen molar-refractivity contribution in [3.8, 4) is 0 Å². The molecule has 0 spiro atoms. The maximum Gasteiger partial charge on any atom is 0.416 e. The summed E-state index contributed by atoms with van der Waals surface area (Å²) in [7, 11) is 0. The lowest BCUT2D eigenvalue weighted by molar-refractivity contribution is -0.137. The van der Waals surface area contributed by atoms with Crippen LogP contribution in [0, 0.1) is 0 Å². The molecular weight excluding hydrogens is 415 g/mol. The molecule has 0 atom stereocenters. The maximum absolute atomic E-state index is 12.9. The summed E-state index contributed by atoms with van der Waals surface area (Å²) in [5.41, 5.74) is 0.00793. The third-order valence-electron chi connectivity index (χ3n) is 4.98. The van der Waals surface area contributed by atoms with E-state index in [1.807, 2.05) is 6.07 Å². The molecule has 30 heavy (non-hydrogen) atoms. The van der Waals surface area contributed by atoms with E-state index in [0.717, 1.165) is 23.8 Å². The van der Waals surface area contributed by atoms with E-state index in [1.54, 1.807) is 12.1 Å². The number of alkyl halides is 3. The highest BCUT2D eigenvalue weighted by molar-refractivity contribution is 7.14. The van der Waals surface area contributed by atoms with Crippen LogP contribution < -0.4 is 10.6 Å². The van der Waals surface area contributed by atoms with Gasteiger partial charge in [0.15, 0.2) is 0 Å². The van der Waals surface area contributed by atoms with Gasteiger partial charge in [0.25, 0.3) is 5.91 Å². The van der Waals surface area contributed by atoms with Crippen molar-refractivity contribution in [2.75, 3.05) is 13.1 Å². The van der Waals surface area contributed by atoms with E-state index in [1.165, 1.54) is 30.4 Å². The summed E-state index contributed by atoms with van der Waals surface area (Å²) in [6, 6.07) is 9.04. The number of amides is 2. The van der Waals surface area contributed by atoms with Crippen molar-refractivity contribution in [1.29, 1.82) is 0 Å². The molecule has 2 heterocycles. The zero-order valence-corrected chi connectivity index (χ0v) is 17.4. The molecule has 2 N–H and O–H groups in total. The minimum absolute atomic E-state index is 0.0381. The molecular formula is C21H24F3N3O2S. The minimum atomic E-state index is -4.34. The summed E-state index contributed by atoms with van der Waals surface area (Å²) in [5, 5.41) is 5.74. The second-order valence-electron chi connectivity index (χ2n) is 7.40. The molecule has 1 saturated heterocycles. The monoisotopic (exact) mass is 439 g/mol. The molecule has 162 valence electrons. The summed E-state index contributed by atoms with van der Waals surface area (Å²) in [4.78, 5) is 27.1. The first-order valence-electron chi connectivity index (χ1n) is 9.73. The van der Waals surface area contributed by atoms with Crippen LogP contribution >= 0.6 is 11.3 Å². The SMILES string of the molecule is CC(=O)NCc1ccc(C(=O)NC2CCN(Cc3cccc(C(F)(F)F)c3)CC2)s1. The Balaban J connectivity index is 1.47. The number of likely N-dealkylation sites (tertiary alicyclic amines) is 1. The van der Waals surface area contributed by atoms with Crippen LogP contribution in [0.2, 0.25) is 0 Å². The first-order chi connectivity index (χ1) is 14.2. The zero-order chi connectivity index (χ0) is 21.7. The Hall–Kier alpha value is -2.39. The average molecular weight is 440 g/mol. The van der Waals surface area contributed by atoms with Crippen LogP contribution in [-0.4, -0.2) is 35.8 Å². The molecule has 5 nitrogen and oxygen atoms in total. The molecule has 1 aromatic heterocycles. The van der Waals surface area contributed by atoms with Gasteiger partial charge in [-0.05, 0) is 36.6 Å². The number of halogens is 3. The number of hydrogen-bond donors (Lipinski definition) is 2. The quantitative estimate of drug-likeness (QED) is 0.720. The van der Waals surface area contributed by atoms with Crippen LogP contribution in [-0.2, 0) is 24.1 Å². The largest absolute Gasteiger partial charge is 0.416 e. The number of hydrogen-bond acceptors (Lipinski definition) is 4. The molecule has 9 heteroatoms. The number of nitrogens with zero attached hydrogens (tertiary/aromatic N) is 1. The van der Waals surface area contributed by atoms with Gasteiger partial charge in [0.05, 0.1) is 17.0 Å². The van der Waals surface area contributed by atoms with E-state index in [9.17, 15) is 22.8 Å². The Morgan fingerprint density at radius 1 is 1.17 bits per heavy atom. The summed E-state index contributed by atoms with van der Waals surface area (Å²) in [6.07, 6.45) is -2.85. The van der Waals surface area contributed by atoms with Gasteiger partial charge in [-0.25, -0.2) is 0 Å². The molecule has 2 aromatic rings. The van der Waals surface area contributed by atoms with Gasteiger partial charge < -0.3 is 10.6 Å². The number of benzene rings is 1. The van der Waals surface area contributed by atoms with Gasteiger partial charge in [0.1, 0.15) is 0 Å². The van der Waals surface area contributed by atoms with Crippen LogP contribution in [0.3, 0.4) is 0 Å². The fourth-order valence-electron chi connectivity index (χ4n) is 3.40. The van der Waals surface area contributed by atoms with Gasteiger partial charge in [0, 0.05) is 37.5 Å². The number of nitrogens with one attached hydrogen (secondary N) is 2. The van der Waals surface area contributed by atoms with Crippen LogP contribution in [0.25, 0.3) is 0 Å². The molecule has 3 rings (SSSR count). The van der Waals surface area contributed by atoms with Gasteiger partial charge in [-0.1, -0.05) is 18.2 Å². The molecule has 1 aliphatic rings. The lowest BCUT2D eigenvalue weighted by Crippen LogP contribution is -2.44. The first kappa shape index (κ1) is 22.3. The predicted octanol–water partition coefficient (Wildman–Crippen LogP) is 3.80. The number of carbonyl (C=O) groups excluding carboxylic acids is 2. The molecule has 2 amide bonds. The topological polar surface area (TPSA) is 61.4 Å². The fourth-order valence-corrected chi connectivity index (χ4v) is 4.25. The number of piperidine rings is 1. The number of thiophene rings is 1. The third-order valence-corrected chi connectivity index (χ3v) is 6.06. The third kappa shape index (κ3) is 6.30. The van der Waals surface area contributed by atoms with Crippen molar-refractivity contribution in [2.24, 2.45) is 0 Å². The Kier molecular flexibility index (Phi) is 7.14. The van der Waals surface area contributed by atoms with Crippen LogP contribution in [0.4, 0.5) is 13.2 Å². The van der Waals surface area contributed by atoms with Gasteiger partial charge in [-0.2, -0.15) is 13.2 Å². The van der Waals surface area contributed by atoms with E-state index < -0.39 is 11.7 Å². The molecule has 0 unspecified atom stereocenters. The Bertz CT molecular complexity index is 890. The molecule has 1 aromatic carbocycles. The minimum Gasteiger partial charge on any atom is -0.351 e. The van der Waals surface area contributed by atoms with Gasteiger partial charge in [0.2, 0.25) is 5.91 Å². The standard InChI is InChI=1S/C21H24F3N3O2S/c1-14(28)25-12-18-5-6-19(30-18)20(29)26-17-7-9-27(10-8-17)13-15-3-2-4-16(11-15)21(22,23)24/h2-6,11,17H,7-10,12-13H2,1H3,(H,25,28)(H,26,29). The lowest BCUT2D eigenvalue weighted by atomic mass is 10.0. The molecule has 0 aliphatic carbocycles. The smallest absolute Gasteiger partial charge is 0.351 e. The van der Waals surface area contributed by atoms with Crippen molar-refractivity contribution >= 4 is 23.2 Å². The maximum atomic E-state index is 12.9. The lowest BCUT2D eigenvalue weighted by Gasteiger charge is -2.32. The fraction of sp³-hybridized carbons (Fsp3) is 0.429. The molecule has 0 saturated carbocycles. The van der Waals surface area contributed by atoms with Gasteiger partial charge in [-0.15, -0.1) is 11.3 Å². The zero-order valence-electron chi connectivity index (χ0n) is 16.6. The summed E-state index contributed by atoms with van der Waals surface area (Å²) in [6.45, 7) is 3.72. The van der Waals surface area contributed by atoms with Crippen LogP contribution in [0.5, 0.6) is 0 Å². The number of rotatable bonds is 6. The second-order valence-corrected chi connectivity index (χ2v) is 8.57. The first-order valence-corrected chi connectivity index (χ1v) is 10.5. The van der Waals surface area contributed by atoms with Crippen molar-refractivity contribution in [3.63, 3.8) is 0 Å². The van der Waals surface area contributed by atoms with Crippen LogP contribution in [0.1, 0.15) is 45.4 Å². The second kappa shape index (κ2) is 9.61. The van der Waals surface area contributed by atoms with Crippen molar-refractivity contribution < 1.29 is 22.8 Å². The van der Waals surface area contributed by atoms with Gasteiger partial charge in [-0.3, -0.25) is 14.5 Å². The van der Waals surface area contributed by atoms with E-state index in [4.69, 9.17) is 0 Å². The summed E-state index contributed by atoms with van der Waals surface area (Å²) in [5.74, 6) is -0.253. The van der Waals surface area contributed by atoms with Crippen LogP contribution in [0.15, 0.2) is 36.4 Å². The highest BCUT2D eigenvalue weighted by atomic mass is 32.1. The molecule has 1 fully saturated rings. The number of carbonyl (C=O) groups is 2. The average Bonchev–Trinajstić information content (AvgIpc) is 3.17. The Morgan fingerprint density at radius 3 is 2.57 bits per heavy atom.